The fourth-order valence-electron chi connectivity index (χ4n) is 3.18. The Bertz CT molecular complexity index is 1210. The van der Waals surface area contributed by atoms with E-state index < -0.39 is 0 Å². The van der Waals surface area contributed by atoms with Crippen LogP contribution in [-0.4, -0.2) is 32.6 Å². The highest BCUT2D eigenvalue weighted by molar-refractivity contribution is 5.94. The Morgan fingerprint density at radius 3 is 2.52 bits per heavy atom. The molecule has 7 nitrogen and oxygen atoms in total. The van der Waals surface area contributed by atoms with Crippen molar-refractivity contribution in [2.75, 3.05) is 7.11 Å². The Hall–Kier alpha value is -3.74. The van der Waals surface area contributed by atoms with Crippen molar-refractivity contribution >= 4 is 11.6 Å². The minimum Gasteiger partial charge on any atom is -0.497 e. The maximum absolute atomic E-state index is 13.1. The van der Waals surface area contributed by atoms with Gasteiger partial charge in [-0.15, -0.1) is 0 Å². The van der Waals surface area contributed by atoms with Gasteiger partial charge in [0.05, 0.1) is 30.7 Å². The van der Waals surface area contributed by atoms with Gasteiger partial charge in [-0.05, 0) is 42.5 Å². The van der Waals surface area contributed by atoms with E-state index in [2.05, 4.69) is 36.2 Å². The monoisotopic (exact) mass is 415 g/mol. The van der Waals surface area contributed by atoms with Gasteiger partial charge in [0.2, 0.25) is 0 Å². The molecule has 3 aromatic heterocycles. The van der Waals surface area contributed by atoms with E-state index in [4.69, 9.17) is 9.72 Å². The van der Waals surface area contributed by atoms with Gasteiger partial charge in [-0.3, -0.25) is 9.78 Å². The van der Waals surface area contributed by atoms with E-state index in [0.717, 1.165) is 22.7 Å². The van der Waals surface area contributed by atoms with E-state index in [9.17, 15) is 4.79 Å². The predicted molar refractivity (Wildman–Crippen MR) is 119 cm³/mol. The number of pyridine rings is 1. The molecule has 0 fully saturated rings. The van der Waals surface area contributed by atoms with Crippen molar-refractivity contribution < 1.29 is 9.53 Å². The summed E-state index contributed by atoms with van der Waals surface area (Å²) in [5.74, 6) is 0.522. The minimum absolute atomic E-state index is 0.171. The molecule has 1 aromatic carbocycles. The van der Waals surface area contributed by atoms with Gasteiger partial charge in [-0.2, -0.15) is 5.10 Å². The summed E-state index contributed by atoms with van der Waals surface area (Å²) in [6.45, 7) is 6.58. The molecule has 0 atom stereocenters. The average molecular weight is 415 g/mol. The SMILES string of the molecule is COc1ccc(-c2cc(C(=O)NCc3ccccn3)n3nc(C(C)(C)C)cc3n2)cc1. The van der Waals surface area contributed by atoms with E-state index in [-0.39, 0.29) is 11.3 Å². The van der Waals surface area contributed by atoms with Crippen LogP contribution in [0.2, 0.25) is 0 Å². The van der Waals surface area contributed by atoms with Crippen molar-refractivity contribution in [1.82, 2.24) is 24.9 Å². The lowest BCUT2D eigenvalue weighted by Gasteiger charge is -2.13. The first-order valence-electron chi connectivity index (χ1n) is 10.1. The highest BCUT2D eigenvalue weighted by Gasteiger charge is 2.22. The third kappa shape index (κ3) is 4.40. The summed E-state index contributed by atoms with van der Waals surface area (Å²) in [6.07, 6.45) is 1.71. The molecule has 0 bridgehead atoms. The molecule has 4 aromatic rings. The van der Waals surface area contributed by atoms with Gasteiger partial charge < -0.3 is 10.1 Å². The second kappa shape index (κ2) is 8.18. The van der Waals surface area contributed by atoms with Crippen molar-refractivity contribution in [1.29, 1.82) is 0 Å². The maximum Gasteiger partial charge on any atom is 0.270 e. The molecule has 1 amide bonds. The fraction of sp³-hybridized carbons (Fsp3) is 0.250. The van der Waals surface area contributed by atoms with Crippen molar-refractivity contribution in [3.8, 4) is 17.0 Å². The molecule has 0 saturated heterocycles. The first-order valence-corrected chi connectivity index (χ1v) is 10.1. The minimum atomic E-state index is -0.239. The molecule has 0 spiro atoms. The summed E-state index contributed by atoms with van der Waals surface area (Å²) in [4.78, 5) is 22.2. The Morgan fingerprint density at radius 1 is 1.10 bits per heavy atom. The Morgan fingerprint density at radius 2 is 1.87 bits per heavy atom. The van der Waals surface area contributed by atoms with Gasteiger partial charge in [0.15, 0.2) is 5.65 Å². The molecule has 31 heavy (non-hydrogen) atoms. The van der Waals surface area contributed by atoms with E-state index in [1.807, 2.05) is 48.5 Å². The molecule has 158 valence electrons. The van der Waals surface area contributed by atoms with E-state index in [1.165, 1.54) is 0 Å². The van der Waals surface area contributed by atoms with Crippen LogP contribution in [-0.2, 0) is 12.0 Å². The normalized spacial score (nSPS) is 11.5. The number of ether oxygens (including phenoxy) is 1. The van der Waals surface area contributed by atoms with Gasteiger partial charge in [0.25, 0.3) is 5.91 Å². The van der Waals surface area contributed by atoms with Crippen LogP contribution >= 0.6 is 0 Å². The highest BCUT2D eigenvalue weighted by Crippen LogP contribution is 2.26. The Balaban J connectivity index is 1.76. The topological polar surface area (TPSA) is 81.4 Å². The zero-order chi connectivity index (χ0) is 22.0. The van der Waals surface area contributed by atoms with E-state index >= 15 is 0 Å². The van der Waals surface area contributed by atoms with Gasteiger partial charge in [0, 0.05) is 23.2 Å². The lowest BCUT2D eigenvalue weighted by molar-refractivity contribution is 0.0942. The quantitative estimate of drug-likeness (QED) is 0.532. The van der Waals surface area contributed by atoms with Gasteiger partial charge in [0.1, 0.15) is 11.4 Å². The number of methoxy groups -OCH3 is 1. The van der Waals surface area contributed by atoms with Crippen molar-refractivity contribution in [3.63, 3.8) is 0 Å². The number of carbonyl (C=O) groups is 1. The van der Waals surface area contributed by atoms with Gasteiger partial charge in [-0.25, -0.2) is 9.50 Å². The third-order valence-electron chi connectivity index (χ3n) is 4.97. The first-order chi connectivity index (χ1) is 14.8. The molecule has 0 unspecified atom stereocenters. The van der Waals surface area contributed by atoms with Gasteiger partial charge in [-0.1, -0.05) is 26.8 Å². The smallest absolute Gasteiger partial charge is 0.270 e. The molecule has 0 saturated carbocycles. The van der Waals surface area contributed by atoms with Crippen LogP contribution < -0.4 is 10.1 Å². The van der Waals surface area contributed by atoms with E-state index in [1.54, 1.807) is 23.9 Å². The van der Waals surface area contributed by atoms with Crippen LogP contribution in [0.4, 0.5) is 0 Å². The van der Waals surface area contributed by atoms with Crippen LogP contribution in [0.1, 0.15) is 42.6 Å². The number of hydrogen-bond donors (Lipinski definition) is 1. The molecule has 4 rings (SSSR count). The number of hydrogen-bond acceptors (Lipinski definition) is 5. The molecule has 7 heteroatoms. The molecule has 1 N–H and O–H groups in total. The van der Waals surface area contributed by atoms with Crippen LogP contribution in [0.25, 0.3) is 16.9 Å². The summed E-state index contributed by atoms with van der Waals surface area (Å²) in [7, 11) is 1.63. The molecule has 0 radical (unpaired) electrons. The summed E-state index contributed by atoms with van der Waals surface area (Å²) in [6, 6.07) is 16.9. The lowest BCUT2D eigenvalue weighted by Crippen LogP contribution is -2.26. The van der Waals surface area contributed by atoms with Gasteiger partial charge >= 0.3 is 0 Å². The molecule has 0 aliphatic heterocycles. The fourth-order valence-corrected chi connectivity index (χ4v) is 3.18. The number of carbonyl (C=O) groups excluding carboxylic acids is 1. The largest absolute Gasteiger partial charge is 0.497 e. The lowest BCUT2D eigenvalue weighted by atomic mass is 9.93. The molecule has 0 aliphatic carbocycles. The van der Waals surface area contributed by atoms with Crippen molar-refractivity contribution in [2.45, 2.75) is 32.7 Å². The standard InChI is InChI=1S/C24H25N5O2/c1-24(2,3)21-14-22-27-19(16-8-10-18(31-4)11-9-16)13-20(29(22)28-21)23(30)26-15-17-7-5-6-12-25-17/h5-14H,15H2,1-4H3,(H,26,30). The number of amides is 1. The zero-order valence-corrected chi connectivity index (χ0v) is 18.1. The average Bonchev–Trinajstić information content (AvgIpc) is 3.22. The molecule has 0 aliphatic rings. The molecule has 3 heterocycles. The van der Waals surface area contributed by atoms with E-state index in [0.29, 0.717) is 23.6 Å². The number of aromatic nitrogens is 4. The summed E-state index contributed by atoms with van der Waals surface area (Å²) in [5.41, 5.74) is 4.11. The maximum atomic E-state index is 13.1. The van der Waals surface area contributed by atoms with Crippen LogP contribution in [0.15, 0.2) is 60.8 Å². The number of nitrogens with one attached hydrogen (secondary N) is 1. The predicted octanol–water partition coefficient (Wildman–Crippen LogP) is 4.03. The second-order valence-electron chi connectivity index (χ2n) is 8.31. The van der Waals surface area contributed by atoms with Crippen molar-refractivity contribution in [3.05, 3.63) is 77.9 Å². The summed E-state index contributed by atoms with van der Waals surface area (Å²) < 4.78 is 6.86. The van der Waals surface area contributed by atoms with Crippen LogP contribution in [0.3, 0.4) is 0 Å². The molecular weight excluding hydrogens is 390 g/mol. The number of nitrogens with zero attached hydrogens (tertiary/aromatic N) is 4. The second-order valence-corrected chi connectivity index (χ2v) is 8.31. The Labute approximate surface area is 181 Å². The number of benzene rings is 1. The van der Waals surface area contributed by atoms with Crippen molar-refractivity contribution in [2.24, 2.45) is 0 Å². The zero-order valence-electron chi connectivity index (χ0n) is 18.1. The third-order valence-corrected chi connectivity index (χ3v) is 4.97. The summed E-state index contributed by atoms with van der Waals surface area (Å²) in [5, 5.41) is 7.62. The Kier molecular flexibility index (Phi) is 5.42. The first kappa shape index (κ1) is 20.5. The number of fused-ring (bicyclic) bond motifs is 1. The number of rotatable bonds is 5. The summed E-state index contributed by atoms with van der Waals surface area (Å²) >= 11 is 0. The molecular formula is C24H25N5O2. The van der Waals surface area contributed by atoms with Crippen LogP contribution in [0.5, 0.6) is 5.75 Å². The highest BCUT2D eigenvalue weighted by atomic mass is 16.5. The van der Waals surface area contributed by atoms with Crippen LogP contribution in [0, 0.1) is 0 Å².